The maximum absolute atomic E-state index is 12.8. The van der Waals surface area contributed by atoms with Crippen molar-refractivity contribution in [2.75, 3.05) is 5.43 Å². The van der Waals surface area contributed by atoms with Crippen molar-refractivity contribution in [2.24, 2.45) is 0 Å². The van der Waals surface area contributed by atoms with E-state index >= 15 is 0 Å². The van der Waals surface area contributed by atoms with Crippen LogP contribution in [0.4, 0.5) is 23.2 Å². The van der Waals surface area contributed by atoms with Gasteiger partial charge in [0, 0.05) is 0 Å². The van der Waals surface area contributed by atoms with Gasteiger partial charge in [-0.2, -0.15) is 18.4 Å². The summed E-state index contributed by atoms with van der Waals surface area (Å²) in [6.07, 6.45) is -5.02. The first kappa shape index (κ1) is 12.8. The Kier molecular flexibility index (Phi) is 3.52. The molecule has 2 N–H and O–H groups in total. The van der Waals surface area contributed by atoms with Crippen LogP contribution in [0.1, 0.15) is 5.56 Å². The van der Waals surface area contributed by atoms with Gasteiger partial charge in [0.25, 0.3) is 0 Å². The number of anilines is 1. The zero-order valence-electron chi connectivity index (χ0n) is 8.10. The number of nitriles is 1. The molecule has 0 radical (unpaired) electrons. The molecule has 0 aliphatic heterocycles. The molecule has 1 amide bonds. The van der Waals surface area contributed by atoms with Crippen molar-refractivity contribution in [2.45, 2.75) is 6.18 Å². The number of hydrazine groups is 1. The molecule has 1 rings (SSSR count). The van der Waals surface area contributed by atoms with Gasteiger partial charge < -0.3 is 0 Å². The van der Waals surface area contributed by atoms with Crippen molar-refractivity contribution in [1.29, 1.82) is 5.26 Å². The quantitative estimate of drug-likeness (QED) is 0.617. The van der Waals surface area contributed by atoms with E-state index in [1.807, 2.05) is 5.43 Å². The van der Waals surface area contributed by atoms with E-state index in [1.165, 1.54) is 11.5 Å². The van der Waals surface area contributed by atoms with Crippen LogP contribution in [-0.2, 0) is 4.79 Å². The standard InChI is InChI=1S/C9H5F4N3O/c10-7-2-1-6(3-5(7)4-14)15-16-8(17)9(11,12)13/h1-3,15H,(H,16,17). The fourth-order valence-electron chi connectivity index (χ4n) is 0.889. The number of nitrogens with one attached hydrogen (secondary N) is 2. The lowest BCUT2D eigenvalue weighted by atomic mass is 10.2. The summed E-state index contributed by atoms with van der Waals surface area (Å²) in [5, 5.41) is 8.46. The fourth-order valence-corrected chi connectivity index (χ4v) is 0.889. The Morgan fingerprint density at radius 3 is 2.53 bits per heavy atom. The van der Waals surface area contributed by atoms with Gasteiger partial charge in [0.05, 0.1) is 11.3 Å². The van der Waals surface area contributed by atoms with E-state index in [2.05, 4.69) is 0 Å². The lowest BCUT2D eigenvalue weighted by Gasteiger charge is -2.10. The predicted octanol–water partition coefficient (Wildman–Crippen LogP) is 1.70. The van der Waals surface area contributed by atoms with E-state index < -0.39 is 17.9 Å². The monoisotopic (exact) mass is 247 g/mol. The first-order chi connectivity index (χ1) is 7.84. The Labute approximate surface area is 92.8 Å². The third-order valence-electron chi connectivity index (χ3n) is 1.66. The van der Waals surface area contributed by atoms with Crippen LogP contribution in [0.25, 0.3) is 0 Å². The van der Waals surface area contributed by atoms with Crippen LogP contribution in [0.15, 0.2) is 18.2 Å². The maximum Gasteiger partial charge on any atom is 0.472 e. The number of carbonyl (C=O) groups is 1. The third kappa shape index (κ3) is 3.34. The van der Waals surface area contributed by atoms with Crippen molar-refractivity contribution in [3.05, 3.63) is 29.6 Å². The summed E-state index contributed by atoms with van der Waals surface area (Å²) in [7, 11) is 0. The molecule has 1 aromatic rings. The molecule has 0 atom stereocenters. The molecule has 0 saturated heterocycles. The number of halogens is 4. The van der Waals surface area contributed by atoms with Crippen LogP contribution < -0.4 is 10.9 Å². The van der Waals surface area contributed by atoms with Crippen molar-refractivity contribution in [1.82, 2.24) is 5.43 Å². The second-order valence-electron chi connectivity index (χ2n) is 2.88. The van der Waals surface area contributed by atoms with Gasteiger partial charge in [-0.25, -0.2) is 4.39 Å². The smallest absolute Gasteiger partial charge is 0.298 e. The van der Waals surface area contributed by atoms with E-state index in [1.54, 1.807) is 0 Å². The molecule has 4 nitrogen and oxygen atoms in total. The molecule has 1 aromatic carbocycles. The second kappa shape index (κ2) is 4.69. The van der Waals surface area contributed by atoms with Gasteiger partial charge in [0.1, 0.15) is 11.9 Å². The van der Waals surface area contributed by atoms with E-state index in [0.29, 0.717) is 0 Å². The number of nitrogens with zero attached hydrogens (tertiary/aromatic N) is 1. The van der Waals surface area contributed by atoms with Gasteiger partial charge in [0.15, 0.2) is 0 Å². The number of benzene rings is 1. The minimum Gasteiger partial charge on any atom is -0.298 e. The number of hydrogen-bond donors (Lipinski definition) is 2. The van der Waals surface area contributed by atoms with E-state index in [4.69, 9.17) is 5.26 Å². The minimum absolute atomic E-state index is 0.0412. The summed E-state index contributed by atoms with van der Waals surface area (Å²) in [5.74, 6) is -3.00. The number of hydrogen-bond acceptors (Lipinski definition) is 3. The summed E-state index contributed by atoms with van der Waals surface area (Å²) >= 11 is 0. The Morgan fingerprint density at radius 2 is 2.00 bits per heavy atom. The molecule has 0 saturated carbocycles. The van der Waals surface area contributed by atoms with Gasteiger partial charge in [-0.15, -0.1) is 0 Å². The normalized spacial score (nSPS) is 10.5. The van der Waals surface area contributed by atoms with Crippen molar-refractivity contribution in [3.63, 3.8) is 0 Å². The molecule has 0 spiro atoms. The number of carbonyl (C=O) groups excluding carboxylic acids is 1. The number of rotatable bonds is 2. The molecule has 8 heteroatoms. The highest BCUT2D eigenvalue weighted by Crippen LogP contribution is 2.16. The van der Waals surface area contributed by atoms with Crippen LogP contribution in [0, 0.1) is 17.1 Å². The highest BCUT2D eigenvalue weighted by atomic mass is 19.4. The first-order valence-corrected chi connectivity index (χ1v) is 4.17. The summed E-state index contributed by atoms with van der Waals surface area (Å²) < 4.78 is 48.2. The predicted molar refractivity (Wildman–Crippen MR) is 48.9 cm³/mol. The van der Waals surface area contributed by atoms with Crippen molar-refractivity contribution >= 4 is 11.6 Å². The maximum atomic E-state index is 12.8. The van der Waals surface area contributed by atoms with Crippen LogP contribution >= 0.6 is 0 Å². The van der Waals surface area contributed by atoms with E-state index in [9.17, 15) is 22.4 Å². The summed E-state index contributed by atoms with van der Waals surface area (Å²) in [5.41, 5.74) is 2.89. The van der Waals surface area contributed by atoms with Gasteiger partial charge in [-0.3, -0.25) is 15.6 Å². The minimum atomic E-state index is -5.02. The summed E-state index contributed by atoms with van der Waals surface area (Å²) in [6.45, 7) is 0. The highest BCUT2D eigenvalue weighted by Gasteiger charge is 2.38. The van der Waals surface area contributed by atoms with Crippen LogP contribution in [0.5, 0.6) is 0 Å². The Balaban J connectivity index is 2.72. The molecule has 0 aliphatic rings. The van der Waals surface area contributed by atoms with Crippen molar-refractivity contribution < 1.29 is 22.4 Å². The average Bonchev–Trinajstić information content (AvgIpc) is 2.26. The largest absolute Gasteiger partial charge is 0.472 e. The zero-order valence-corrected chi connectivity index (χ0v) is 8.10. The Bertz CT molecular complexity index is 478. The van der Waals surface area contributed by atoms with Gasteiger partial charge in [0.2, 0.25) is 0 Å². The average molecular weight is 247 g/mol. The topological polar surface area (TPSA) is 64.9 Å². The molecule has 0 bridgehead atoms. The van der Waals surface area contributed by atoms with E-state index in [0.717, 1.165) is 18.2 Å². The lowest BCUT2D eigenvalue weighted by Crippen LogP contribution is -2.40. The third-order valence-corrected chi connectivity index (χ3v) is 1.66. The molecule has 0 unspecified atom stereocenters. The van der Waals surface area contributed by atoms with Crippen molar-refractivity contribution in [3.8, 4) is 6.07 Å². The SMILES string of the molecule is N#Cc1cc(NNC(=O)C(F)(F)F)ccc1F. The molecule has 0 heterocycles. The molecule has 17 heavy (non-hydrogen) atoms. The fraction of sp³-hybridized carbons (Fsp3) is 0.111. The zero-order chi connectivity index (χ0) is 13.1. The molecule has 0 aliphatic carbocycles. The number of alkyl halides is 3. The van der Waals surface area contributed by atoms with Gasteiger partial charge in [-0.1, -0.05) is 0 Å². The second-order valence-corrected chi connectivity index (χ2v) is 2.88. The molecule has 90 valence electrons. The molecule has 0 fully saturated rings. The molecular weight excluding hydrogens is 242 g/mol. The van der Waals surface area contributed by atoms with Crippen LogP contribution in [0.2, 0.25) is 0 Å². The van der Waals surface area contributed by atoms with Crippen LogP contribution in [-0.4, -0.2) is 12.1 Å². The highest BCUT2D eigenvalue weighted by molar-refractivity contribution is 5.82. The van der Waals surface area contributed by atoms with E-state index in [-0.39, 0.29) is 11.3 Å². The molecular formula is C9H5F4N3O. The molecule has 0 aromatic heterocycles. The lowest BCUT2D eigenvalue weighted by molar-refractivity contribution is -0.173. The number of amides is 1. The summed E-state index contributed by atoms with van der Waals surface area (Å²) in [4.78, 5) is 10.4. The summed E-state index contributed by atoms with van der Waals surface area (Å²) in [6, 6.07) is 4.43. The van der Waals surface area contributed by atoms with Gasteiger partial charge >= 0.3 is 12.1 Å². The first-order valence-electron chi connectivity index (χ1n) is 4.17. The van der Waals surface area contributed by atoms with Gasteiger partial charge in [-0.05, 0) is 18.2 Å². The Hall–Kier alpha value is -2.30. The Morgan fingerprint density at radius 1 is 1.35 bits per heavy atom. The van der Waals surface area contributed by atoms with Crippen LogP contribution in [0.3, 0.4) is 0 Å².